The van der Waals surface area contributed by atoms with E-state index in [-0.39, 0.29) is 6.42 Å². The quantitative estimate of drug-likeness (QED) is 0.460. The molecule has 31 heavy (non-hydrogen) atoms. The Morgan fingerprint density at radius 2 is 1.87 bits per heavy atom. The molecular formula is C22H26F3N3O2S. The molecule has 0 aliphatic rings. The number of alkyl halides is 3. The summed E-state index contributed by atoms with van der Waals surface area (Å²) < 4.78 is 38.9. The summed E-state index contributed by atoms with van der Waals surface area (Å²) in [4.78, 5) is 15.6. The van der Waals surface area contributed by atoms with Crippen LogP contribution in [0, 0.1) is 13.8 Å². The molecule has 1 aromatic heterocycles. The van der Waals surface area contributed by atoms with Crippen molar-refractivity contribution < 1.29 is 23.1 Å². The summed E-state index contributed by atoms with van der Waals surface area (Å²) in [6, 6.07) is 9.18. The molecule has 0 aliphatic heterocycles. The first-order valence-corrected chi connectivity index (χ1v) is 10.6. The number of anilines is 1. The number of aromatic nitrogens is 1. The van der Waals surface area contributed by atoms with Crippen LogP contribution < -0.4 is 10.6 Å². The van der Waals surface area contributed by atoms with E-state index in [1.807, 2.05) is 25.1 Å². The first kappa shape index (κ1) is 24.6. The van der Waals surface area contributed by atoms with Crippen molar-refractivity contribution in [3.8, 4) is 0 Å². The smallest absolute Gasteiger partial charge is 0.416 e. The number of benzene rings is 1. The molecule has 1 aromatic carbocycles. The van der Waals surface area contributed by atoms with E-state index in [1.54, 1.807) is 6.92 Å². The van der Waals surface area contributed by atoms with Crippen LogP contribution in [0.5, 0.6) is 0 Å². The largest absolute Gasteiger partial charge is 0.481 e. The minimum absolute atomic E-state index is 0.000666. The lowest BCUT2D eigenvalue weighted by molar-refractivity contribution is -0.138. The zero-order valence-corrected chi connectivity index (χ0v) is 18.2. The average Bonchev–Trinajstić information content (AvgIpc) is 2.73. The van der Waals surface area contributed by atoms with Crippen molar-refractivity contribution in [2.24, 2.45) is 0 Å². The van der Waals surface area contributed by atoms with Gasteiger partial charge >= 0.3 is 12.1 Å². The summed E-state index contributed by atoms with van der Waals surface area (Å²) in [5, 5.41) is 16.0. The summed E-state index contributed by atoms with van der Waals surface area (Å²) in [6.45, 7) is 5.51. The number of carboxylic acid groups (broad SMARTS) is 1. The molecule has 0 saturated carbocycles. The second-order valence-electron chi connectivity index (χ2n) is 7.11. The zero-order chi connectivity index (χ0) is 22.9. The van der Waals surface area contributed by atoms with Gasteiger partial charge in [-0.05, 0) is 56.1 Å². The molecule has 9 heteroatoms. The number of aryl methyl sites for hydroxylation is 2. The van der Waals surface area contributed by atoms with Crippen molar-refractivity contribution in [3.05, 3.63) is 69.7 Å². The van der Waals surface area contributed by atoms with Crippen LogP contribution in [0.1, 0.15) is 33.6 Å². The Hall–Kier alpha value is -2.65. The van der Waals surface area contributed by atoms with E-state index in [4.69, 9.17) is 5.11 Å². The lowest BCUT2D eigenvalue weighted by atomic mass is 10.0. The Bertz CT molecular complexity index is 944. The number of carbonyl (C=O) groups is 1. The highest BCUT2D eigenvalue weighted by molar-refractivity contribution is 7.15. The number of hydrogen-bond donors (Lipinski definition) is 3. The zero-order valence-electron chi connectivity index (χ0n) is 17.4. The maximum Gasteiger partial charge on any atom is 0.416 e. The van der Waals surface area contributed by atoms with Gasteiger partial charge in [-0.3, -0.25) is 4.79 Å². The number of halogens is 3. The topological polar surface area (TPSA) is 74.2 Å². The normalized spacial score (nSPS) is 11.1. The number of nitrogens with zero attached hydrogens (tertiary/aromatic N) is 1. The third-order valence-corrected chi connectivity index (χ3v) is 5.07. The van der Waals surface area contributed by atoms with E-state index in [9.17, 15) is 18.0 Å². The maximum atomic E-state index is 13.0. The average molecular weight is 454 g/mol. The van der Waals surface area contributed by atoms with E-state index in [2.05, 4.69) is 15.6 Å². The second-order valence-corrected chi connectivity index (χ2v) is 8.34. The number of carboxylic acids is 1. The van der Waals surface area contributed by atoms with Crippen molar-refractivity contribution in [1.29, 1.82) is 0 Å². The van der Waals surface area contributed by atoms with Gasteiger partial charge in [0.25, 0.3) is 0 Å². The Balaban J connectivity index is 1.85. The van der Waals surface area contributed by atoms with Gasteiger partial charge in [0.2, 0.25) is 0 Å². The van der Waals surface area contributed by atoms with Crippen LogP contribution in [-0.4, -0.2) is 29.1 Å². The van der Waals surface area contributed by atoms with Crippen LogP contribution in [0.2, 0.25) is 0 Å². The van der Waals surface area contributed by atoms with Gasteiger partial charge in [-0.25, -0.2) is 4.98 Å². The maximum absolute atomic E-state index is 13.0. The summed E-state index contributed by atoms with van der Waals surface area (Å²) in [6.07, 6.45) is -2.27. The number of rotatable bonds is 9. The molecule has 0 bridgehead atoms. The molecule has 0 spiro atoms. The van der Waals surface area contributed by atoms with Gasteiger partial charge < -0.3 is 15.7 Å². The molecule has 1 heterocycles. The van der Waals surface area contributed by atoms with E-state index < -0.39 is 17.7 Å². The Labute approximate surface area is 183 Å². The molecule has 0 radical (unpaired) electrons. The second kappa shape index (κ2) is 11.7. The highest BCUT2D eigenvalue weighted by Gasteiger charge is 2.29. The van der Waals surface area contributed by atoms with Gasteiger partial charge in [0.15, 0.2) is 5.13 Å². The highest BCUT2D eigenvalue weighted by Crippen LogP contribution is 2.29. The lowest BCUT2D eigenvalue weighted by Gasteiger charge is -2.09. The minimum atomic E-state index is -4.40. The first-order valence-electron chi connectivity index (χ1n) is 9.77. The standard InChI is InChI=1S/C22H26F3N3O2S/c1-15-9-17(13-20(29)30)12-18(10-15)14-26-6-4-8-28-21-27-7-3-5-19(22(23,24)25)11-16(2)31-21/h3,5,7,9-12,26H,4,6,8,13-14H2,1-2H3,(H,27,28)(H,29,30). The SMILES string of the molecule is Cc1cc(CNCCCNc2ncccc(C(F)(F)F)cc(C)s2)cc(CC(=O)O)c1. The van der Waals surface area contributed by atoms with Crippen LogP contribution >= 0.6 is 11.3 Å². The van der Waals surface area contributed by atoms with Crippen LogP contribution in [0.15, 0.2) is 42.6 Å². The fraction of sp³-hybridized carbons (Fsp3) is 0.364. The third kappa shape index (κ3) is 9.35. The first-order chi connectivity index (χ1) is 14.6. The molecule has 2 rings (SSSR count). The minimum Gasteiger partial charge on any atom is -0.481 e. The van der Waals surface area contributed by atoms with E-state index in [0.717, 1.165) is 53.1 Å². The lowest BCUT2D eigenvalue weighted by Crippen LogP contribution is -2.18. The molecule has 0 atom stereocenters. The molecule has 3 N–H and O–H groups in total. The van der Waals surface area contributed by atoms with Gasteiger partial charge in [-0.2, -0.15) is 13.2 Å². The summed E-state index contributed by atoms with van der Waals surface area (Å²) in [5.74, 6) is -0.855. The van der Waals surface area contributed by atoms with Crippen molar-refractivity contribution in [1.82, 2.24) is 10.3 Å². The van der Waals surface area contributed by atoms with Crippen LogP contribution in [-0.2, 0) is 23.9 Å². The third-order valence-electron chi connectivity index (χ3n) is 4.19. The Morgan fingerprint density at radius 1 is 1.13 bits per heavy atom. The van der Waals surface area contributed by atoms with Gasteiger partial charge in [0, 0.05) is 24.2 Å². The Morgan fingerprint density at radius 3 is 2.58 bits per heavy atom. The van der Waals surface area contributed by atoms with Crippen molar-refractivity contribution in [2.75, 3.05) is 18.4 Å². The summed E-state index contributed by atoms with van der Waals surface area (Å²) in [5.41, 5.74) is 2.12. The molecule has 0 unspecified atom stereocenters. The van der Waals surface area contributed by atoms with Gasteiger partial charge in [-0.15, -0.1) is 11.3 Å². The van der Waals surface area contributed by atoms with Crippen LogP contribution in [0.25, 0.3) is 0 Å². The molecule has 0 aliphatic carbocycles. The molecule has 168 valence electrons. The van der Waals surface area contributed by atoms with Gasteiger partial charge in [-0.1, -0.05) is 23.8 Å². The molecule has 2 aromatic rings. The fourth-order valence-electron chi connectivity index (χ4n) is 2.96. The molecule has 0 fully saturated rings. The highest BCUT2D eigenvalue weighted by atomic mass is 32.1. The molecule has 0 saturated heterocycles. The van der Waals surface area contributed by atoms with Crippen molar-refractivity contribution in [2.45, 2.75) is 39.4 Å². The fourth-order valence-corrected chi connectivity index (χ4v) is 3.74. The van der Waals surface area contributed by atoms with E-state index >= 15 is 0 Å². The Kier molecular flexibility index (Phi) is 9.26. The van der Waals surface area contributed by atoms with Crippen molar-refractivity contribution >= 4 is 22.4 Å². The summed E-state index contributed by atoms with van der Waals surface area (Å²) >= 11 is 1.16. The molecule has 5 nitrogen and oxygen atoms in total. The summed E-state index contributed by atoms with van der Waals surface area (Å²) in [7, 11) is 0. The van der Waals surface area contributed by atoms with Crippen LogP contribution in [0.3, 0.4) is 0 Å². The number of nitrogens with one attached hydrogen (secondary N) is 2. The van der Waals surface area contributed by atoms with Gasteiger partial charge in [0.05, 0.1) is 12.0 Å². The number of hydrogen-bond acceptors (Lipinski definition) is 5. The monoisotopic (exact) mass is 453 g/mol. The van der Waals surface area contributed by atoms with E-state index in [1.165, 1.54) is 12.3 Å². The predicted octanol–water partition coefficient (Wildman–Crippen LogP) is 5.12. The van der Waals surface area contributed by atoms with Crippen LogP contribution in [0.4, 0.5) is 18.3 Å². The van der Waals surface area contributed by atoms with E-state index in [0.29, 0.717) is 23.1 Å². The van der Waals surface area contributed by atoms with Crippen molar-refractivity contribution in [3.63, 3.8) is 0 Å². The number of aliphatic carboxylic acids is 1. The molecular weight excluding hydrogens is 427 g/mol. The predicted molar refractivity (Wildman–Crippen MR) is 117 cm³/mol. The van der Waals surface area contributed by atoms with Gasteiger partial charge in [0.1, 0.15) is 0 Å². The molecule has 0 amide bonds.